The second-order valence-electron chi connectivity index (χ2n) is 3.01. The summed E-state index contributed by atoms with van der Waals surface area (Å²) < 4.78 is 5.26. The molecule has 0 fully saturated rings. The Morgan fingerprint density at radius 1 is 1.67 bits per heavy atom. The Hall–Kier alpha value is -2.04. The van der Waals surface area contributed by atoms with E-state index in [1.807, 2.05) is 0 Å². The molecule has 15 heavy (non-hydrogen) atoms. The van der Waals surface area contributed by atoms with Gasteiger partial charge in [0.2, 0.25) is 0 Å². The number of anilines is 1. The van der Waals surface area contributed by atoms with Crippen molar-refractivity contribution in [3.05, 3.63) is 40.5 Å². The normalized spacial score (nSPS) is 9.67. The van der Waals surface area contributed by atoms with Crippen LogP contribution in [-0.2, 0) is 0 Å². The van der Waals surface area contributed by atoms with Crippen LogP contribution in [0.5, 0.6) is 5.75 Å². The van der Waals surface area contributed by atoms with Crippen molar-refractivity contribution in [3.63, 3.8) is 0 Å². The maximum atomic E-state index is 10.6. The molecule has 0 atom stereocenters. The highest BCUT2D eigenvalue weighted by atomic mass is 16.6. The summed E-state index contributed by atoms with van der Waals surface area (Å²) in [6.45, 7) is 5.54. The molecule has 0 aliphatic heterocycles. The van der Waals surface area contributed by atoms with Gasteiger partial charge in [-0.1, -0.05) is 12.7 Å². The lowest BCUT2D eigenvalue weighted by atomic mass is 10.1. The molecule has 0 saturated carbocycles. The quantitative estimate of drug-likeness (QED) is 0.355. The molecular formula is C10H12N2O3. The van der Waals surface area contributed by atoms with Crippen molar-refractivity contribution in [2.75, 3.05) is 12.3 Å². The van der Waals surface area contributed by atoms with Crippen LogP contribution in [0.4, 0.5) is 11.4 Å². The molecule has 0 unspecified atom stereocenters. The third kappa shape index (κ3) is 2.46. The van der Waals surface area contributed by atoms with Crippen LogP contribution >= 0.6 is 0 Å². The van der Waals surface area contributed by atoms with Crippen LogP contribution in [-0.4, -0.2) is 11.5 Å². The van der Waals surface area contributed by atoms with E-state index in [2.05, 4.69) is 6.58 Å². The summed E-state index contributed by atoms with van der Waals surface area (Å²) >= 11 is 0. The van der Waals surface area contributed by atoms with Gasteiger partial charge in [0.15, 0.2) is 0 Å². The second kappa shape index (κ2) is 4.45. The van der Waals surface area contributed by atoms with E-state index in [0.29, 0.717) is 23.6 Å². The van der Waals surface area contributed by atoms with Gasteiger partial charge in [-0.15, -0.1) is 0 Å². The van der Waals surface area contributed by atoms with E-state index >= 15 is 0 Å². The van der Waals surface area contributed by atoms with Crippen LogP contribution in [0.2, 0.25) is 0 Å². The first-order valence-corrected chi connectivity index (χ1v) is 4.34. The van der Waals surface area contributed by atoms with E-state index in [-0.39, 0.29) is 5.69 Å². The molecule has 1 rings (SSSR count). The molecule has 1 aromatic carbocycles. The maximum absolute atomic E-state index is 10.6. The lowest BCUT2D eigenvalue weighted by Gasteiger charge is -2.08. The molecule has 0 radical (unpaired) electrons. The van der Waals surface area contributed by atoms with Gasteiger partial charge in [-0.3, -0.25) is 10.1 Å². The van der Waals surface area contributed by atoms with Gasteiger partial charge in [0.1, 0.15) is 12.4 Å². The Kier molecular flexibility index (Phi) is 3.28. The van der Waals surface area contributed by atoms with Crippen LogP contribution < -0.4 is 10.5 Å². The highest BCUT2D eigenvalue weighted by Crippen LogP contribution is 2.29. The predicted octanol–water partition coefficient (Wildman–Crippen LogP) is 2.05. The fourth-order valence-corrected chi connectivity index (χ4v) is 1.10. The number of non-ortho nitro benzene ring substituents is 1. The summed E-state index contributed by atoms with van der Waals surface area (Å²) in [5.74, 6) is 0.418. The van der Waals surface area contributed by atoms with Crippen molar-refractivity contribution in [1.82, 2.24) is 0 Å². The number of hydrogen-bond acceptors (Lipinski definition) is 4. The van der Waals surface area contributed by atoms with Crippen molar-refractivity contribution in [2.45, 2.75) is 6.92 Å². The minimum atomic E-state index is -0.503. The summed E-state index contributed by atoms with van der Waals surface area (Å²) in [6.07, 6.45) is 1.56. The molecule has 0 aromatic heterocycles. The Morgan fingerprint density at radius 2 is 2.33 bits per heavy atom. The largest absolute Gasteiger partial charge is 0.489 e. The average molecular weight is 208 g/mol. The van der Waals surface area contributed by atoms with Crippen LogP contribution in [0.15, 0.2) is 24.8 Å². The second-order valence-corrected chi connectivity index (χ2v) is 3.01. The zero-order valence-corrected chi connectivity index (χ0v) is 8.40. The predicted molar refractivity (Wildman–Crippen MR) is 57.9 cm³/mol. The van der Waals surface area contributed by atoms with Crippen LogP contribution in [0.3, 0.4) is 0 Å². The Balaban J connectivity index is 3.12. The van der Waals surface area contributed by atoms with Gasteiger partial charge >= 0.3 is 0 Å². The van der Waals surface area contributed by atoms with Gasteiger partial charge < -0.3 is 10.5 Å². The molecule has 0 spiro atoms. The standard InChI is InChI=1S/C10H12N2O3/c1-3-4-15-10-6-8(12(13)14)5-9(11)7(10)2/h3,5-6H,1,4,11H2,2H3. The molecule has 0 bridgehead atoms. The number of nitrogens with zero attached hydrogens (tertiary/aromatic N) is 1. The number of hydrogen-bond donors (Lipinski definition) is 1. The summed E-state index contributed by atoms with van der Waals surface area (Å²) in [4.78, 5) is 10.1. The maximum Gasteiger partial charge on any atom is 0.275 e. The molecule has 5 nitrogen and oxygen atoms in total. The molecule has 0 aliphatic carbocycles. The SMILES string of the molecule is C=CCOc1cc([N+](=O)[O-])cc(N)c1C. The van der Waals surface area contributed by atoms with Crippen molar-refractivity contribution in [1.29, 1.82) is 0 Å². The van der Waals surface area contributed by atoms with E-state index in [1.54, 1.807) is 13.0 Å². The minimum Gasteiger partial charge on any atom is -0.489 e. The van der Waals surface area contributed by atoms with E-state index in [9.17, 15) is 10.1 Å². The van der Waals surface area contributed by atoms with Crippen molar-refractivity contribution >= 4 is 11.4 Å². The Labute approximate surface area is 87.3 Å². The van der Waals surface area contributed by atoms with Crippen molar-refractivity contribution in [3.8, 4) is 5.75 Å². The third-order valence-electron chi connectivity index (χ3n) is 1.95. The number of nitrogen functional groups attached to an aromatic ring is 1. The molecule has 0 aliphatic rings. The van der Waals surface area contributed by atoms with E-state index in [1.165, 1.54) is 12.1 Å². The zero-order valence-electron chi connectivity index (χ0n) is 8.40. The van der Waals surface area contributed by atoms with Gasteiger partial charge in [0, 0.05) is 17.3 Å². The highest BCUT2D eigenvalue weighted by molar-refractivity contribution is 5.60. The lowest BCUT2D eigenvalue weighted by Crippen LogP contribution is -2.00. The fraction of sp³-hybridized carbons (Fsp3) is 0.200. The molecule has 1 aromatic rings. The molecular weight excluding hydrogens is 196 g/mol. The van der Waals surface area contributed by atoms with Gasteiger partial charge in [0.05, 0.1) is 11.0 Å². The monoisotopic (exact) mass is 208 g/mol. The smallest absolute Gasteiger partial charge is 0.275 e. The molecule has 80 valence electrons. The zero-order chi connectivity index (χ0) is 11.4. The number of nitro groups is 1. The molecule has 0 heterocycles. The molecule has 2 N–H and O–H groups in total. The van der Waals surface area contributed by atoms with E-state index < -0.39 is 4.92 Å². The lowest BCUT2D eigenvalue weighted by molar-refractivity contribution is -0.384. The van der Waals surface area contributed by atoms with Gasteiger partial charge in [-0.25, -0.2) is 0 Å². The first-order chi connectivity index (χ1) is 7.06. The summed E-state index contributed by atoms with van der Waals surface area (Å²) in [6, 6.07) is 2.67. The van der Waals surface area contributed by atoms with Gasteiger partial charge in [0.25, 0.3) is 5.69 Å². The van der Waals surface area contributed by atoms with E-state index in [0.717, 1.165) is 0 Å². The van der Waals surface area contributed by atoms with Crippen LogP contribution in [0.25, 0.3) is 0 Å². The number of nitro benzene ring substituents is 1. The first kappa shape index (κ1) is 11.0. The topological polar surface area (TPSA) is 78.4 Å². The molecule has 5 heteroatoms. The molecule has 0 amide bonds. The summed E-state index contributed by atoms with van der Waals surface area (Å²) in [5, 5.41) is 10.6. The minimum absolute atomic E-state index is 0.0721. The van der Waals surface area contributed by atoms with Crippen LogP contribution in [0.1, 0.15) is 5.56 Å². The Morgan fingerprint density at radius 3 is 2.87 bits per heavy atom. The summed E-state index contributed by atoms with van der Waals surface area (Å²) in [7, 11) is 0. The number of nitrogens with two attached hydrogens (primary N) is 1. The van der Waals surface area contributed by atoms with Crippen LogP contribution in [0, 0.1) is 17.0 Å². The van der Waals surface area contributed by atoms with Gasteiger partial charge in [-0.05, 0) is 6.92 Å². The van der Waals surface area contributed by atoms with Gasteiger partial charge in [-0.2, -0.15) is 0 Å². The van der Waals surface area contributed by atoms with Crippen molar-refractivity contribution < 1.29 is 9.66 Å². The highest BCUT2D eigenvalue weighted by Gasteiger charge is 2.12. The number of rotatable bonds is 4. The molecule has 0 saturated heterocycles. The third-order valence-corrected chi connectivity index (χ3v) is 1.95. The van der Waals surface area contributed by atoms with E-state index in [4.69, 9.17) is 10.5 Å². The summed E-state index contributed by atoms with van der Waals surface area (Å²) in [5.41, 5.74) is 6.60. The Bertz CT molecular complexity index is 402. The number of ether oxygens (including phenoxy) is 1. The number of benzene rings is 1. The fourth-order valence-electron chi connectivity index (χ4n) is 1.10. The average Bonchev–Trinajstić information content (AvgIpc) is 2.19. The first-order valence-electron chi connectivity index (χ1n) is 4.34. The van der Waals surface area contributed by atoms with Crippen molar-refractivity contribution in [2.24, 2.45) is 0 Å².